The fourth-order valence-electron chi connectivity index (χ4n) is 1.63. The van der Waals surface area contributed by atoms with Crippen molar-refractivity contribution in [3.63, 3.8) is 0 Å². The summed E-state index contributed by atoms with van der Waals surface area (Å²) in [6.45, 7) is 1.95. The number of rotatable bonds is 2. The SMILES string of the molecule is Cc1cc(Br)c2c(c1)SC(CC(=O)O)C(=O)N2. The molecule has 0 aromatic heterocycles. The Balaban J connectivity index is 2.34. The number of halogens is 1. The van der Waals surface area contributed by atoms with E-state index >= 15 is 0 Å². The molecule has 1 unspecified atom stereocenters. The minimum Gasteiger partial charge on any atom is -0.481 e. The summed E-state index contributed by atoms with van der Waals surface area (Å²) in [5.74, 6) is -1.22. The maximum absolute atomic E-state index is 11.7. The van der Waals surface area contributed by atoms with Crippen molar-refractivity contribution < 1.29 is 14.7 Å². The normalized spacial score (nSPS) is 18.5. The van der Waals surface area contributed by atoms with Crippen LogP contribution in [0.4, 0.5) is 5.69 Å². The molecule has 2 N–H and O–H groups in total. The van der Waals surface area contributed by atoms with Crippen molar-refractivity contribution in [2.45, 2.75) is 23.5 Å². The Morgan fingerprint density at radius 1 is 1.59 bits per heavy atom. The van der Waals surface area contributed by atoms with Gasteiger partial charge in [-0.15, -0.1) is 11.8 Å². The van der Waals surface area contributed by atoms with Crippen molar-refractivity contribution in [3.8, 4) is 0 Å². The number of thioether (sulfide) groups is 1. The van der Waals surface area contributed by atoms with Crippen LogP contribution in [0, 0.1) is 6.92 Å². The Morgan fingerprint density at radius 3 is 2.94 bits per heavy atom. The van der Waals surface area contributed by atoms with Crippen molar-refractivity contribution in [2.75, 3.05) is 5.32 Å². The van der Waals surface area contributed by atoms with E-state index in [0.29, 0.717) is 0 Å². The Hall–Kier alpha value is -1.01. The van der Waals surface area contributed by atoms with Crippen LogP contribution >= 0.6 is 27.7 Å². The maximum Gasteiger partial charge on any atom is 0.305 e. The average molecular weight is 316 g/mol. The molecule has 1 atom stereocenters. The molecule has 6 heteroatoms. The number of carboxylic acid groups (broad SMARTS) is 1. The van der Waals surface area contributed by atoms with E-state index in [1.165, 1.54) is 11.8 Å². The lowest BCUT2D eigenvalue weighted by molar-refractivity contribution is -0.138. The average Bonchev–Trinajstić information content (AvgIpc) is 2.20. The quantitative estimate of drug-likeness (QED) is 0.880. The first-order chi connectivity index (χ1) is 7.97. The van der Waals surface area contributed by atoms with Crippen LogP contribution in [0.25, 0.3) is 0 Å². The van der Waals surface area contributed by atoms with E-state index in [0.717, 1.165) is 20.6 Å². The Bertz CT molecular complexity index is 504. The Labute approximate surface area is 111 Å². The smallest absolute Gasteiger partial charge is 0.305 e. The van der Waals surface area contributed by atoms with Gasteiger partial charge in [-0.1, -0.05) is 0 Å². The molecule has 0 fully saturated rings. The van der Waals surface area contributed by atoms with E-state index in [1.807, 2.05) is 19.1 Å². The number of aryl methyl sites for hydroxylation is 1. The van der Waals surface area contributed by atoms with Crippen molar-refractivity contribution in [1.82, 2.24) is 0 Å². The van der Waals surface area contributed by atoms with Gasteiger partial charge in [0.25, 0.3) is 0 Å². The van der Waals surface area contributed by atoms with Crippen LogP contribution in [0.1, 0.15) is 12.0 Å². The van der Waals surface area contributed by atoms with Gasteiger partial charge in [0.1, 0.15) is 0 Å². The second-order valence-electron chi connectivity index (χ2n) is 3.81. The van der Waals surface area contributed by atoms with Gasteiger partial charge >= 0.3 is 5.97 Å². The van der Waals surface area contributed by atoms with E-state index in [4.69, 9.17) is 5.11 Å². The maximum atomic E-state index is 11.7. The molecule has 0 radical (unpaired) electrons. The number of carboxylic acids is 1. The van der Waals surface area contributed by atoms with Crippen LogP contribution in [0.15, 0.2) is 21.5 Å². The second-order valence-corrected chi connectivity index (χ2v) is 5.91. The molecule has 1 aliphatic rings. The van der Waals surface area contributed by atoms with Crippen molar-refractivity contribution in [1.29, 1.82) is 0 Å². The monoisotopic (exact) mass is 315 g/mol. The predicted molar refractivity (Wildman–Crippen MR) is 69.4 cm³/mol. The minimum absolute atomic E-state index is 0.165. The fraction of sp³-hybridized carbons (Fsp3) is 0.273. The Morgan fingerprint density at radius 2 is 2.29 bits per heavy atom. The number of anilines is 1. The minimum atomic E-state index is -0.965. The third-order valence-electron chi connectivity index (χ3n) is 2.37. The molecule has 1 aromatic rings. The van der Waals surface area contributed by atoms with Crippen molar-refractivity contribution >= 4 is 45.3 Å². The first-order valence-electron chi connectivity index (χ1n) is 4.97. The zero-order valence-corrected chi connectivity index (χ0v) is 11.4. The molecule has 2 rings (SSSR count). The van der Waals surface area contributed by atoms with Crippen LogP contribution in [-0.4, -0.2) is 22.2 Å². The van der Waals surface area contributed by atoms with E-state index in [-0.39, 0.29) is 12.3 Å². The molecule has 17 heavy (non-hydrogen) atoms. The summed E-state index contributed by atoms with van der Waals surface area (Å²) in [5, 5.41) is 10.9. The van der Waals surface area contributed by atoms with Gasteiger partial charge in [0, 0.05) is 9.37 Å². The molecule has 1 heterocycles. The van der Waals surface area contributed by atoms with E-state index in [2.05, 4.69) is 21.2 Å². The highest BCUT2D eigenvalue weighted by atomic mass is 79.9. The fourth-order valence-corrected chi connectivity index (χ4v) is 3.66. The van der Waals surface area contributed by atoms with Gasteiger partial charge in [0.2, 0.25) is 5.91 Å². The molecule has 0 aliphatic carbocycles. The number of nitrogens with one attached hydrogen (secondary N) is 1. The summed E-state index contributed by atoms with van der Waals surface area (Å²) in [6.07, 6.45) is -0.165. The highest BCUT2D eigenvalue weighted by molar-refractivity contribution is 9.10. The van der Waals surface area contributed by atoms with Crippen LogP contribution in [-0.2, 0) is 9.59 Å². The van der Waals surface area contributed by atoms with Crippen LogP contribution < -0.4 is 5.32 Å². The standard InChI is InChI=1S/C11H10BrNO3S/c1-5-2-6(12)10-7(3-5)17-8(4-9(14)15)11(16)13-10/h2-3,8H,4H2,1H3,(H,13,16)(H,14,15). The molecule has 1 amide bonds. The third kappa shape index (κ3) is 2.63. The van der Waals surface area contributed by atoms with Gasteiger partial charge in [-0.3, -0.25) is 9.59 Å². The largest absolute Gasteiger partial charge is 0.481 e. The highest BCUT2D eigenvalue weighted by Crippen LogP contribution is 2.41. The van der Waals surface area contributed by atoms with E-state index in [9.17, 15) is 9.59 Å². The lowest BCUT2D eigenvalue weighted by Gasteiger charge is -2.24. The highest BCUT2D eigenvalue weighted by Gasteiger charge is 2.30. The molecule has 90 valence electrons. The van der Waals surface area contributed by atoms with Crippen LogP contribution in [0.5, 0.6) is 0 Å². The molecule has 0 bridgehead atoms. The van der Waals surface area contributed by atoms with Crippen molar-refractivity contribution in [3.05, 3.63) is 22.2 Å². The first kappa shape index (κ1) is 12.4. The summed E-state index contributed by atoms with van der Waals surface area (Å²) in [7, 11) is 0. The van der Waals surface area contributed by atoms with Crippen molar-refractivity contribution in [2.24, 2.45) is 0 Å². The molecule has 1 aliphatic heterocycles. The number of carbonyl (C=O) groups is 2. The zero-order chi connectivity index (χ0) is 12.6. The van der Waals surface area contributed by atoms with E-state index in [1.54, 1.807) is 0 Å². The molecule has 4 nitrogen and oxygen atoms in total. The van der Waals surface area contributed by atoms with Crippen LogP contribution in [0.3, 0.4) is 0 Å². The second kappa shape index (κ2) is 4.70. The lowest BCUT2D eigenvalue weighted by Crippen LogP contribution is -2.31. The summed E-state index contributed by atoms with van der Waals surface area (Å²) in [6, 6.07) is 3.86. The molecular weight excluding hydrogens is 306 g/mol. The lowest BCUT2D eigenvalue weighted by atomic mass is 10.2. The number of amides is 1. The number of fused-ring (bicyclic) bond motifs is 1. The molecule has 0 saturated heterocycles. The zero-order valence-electron chi connectivity index (χ0n) is 8.99. The number of hydrogen-bond donors (Lipinski definition) is 2. The number of benzene rings is 1. The molecule has 0 spiro atoms. The third-order valence-corrected chi connectivity index (χ3v) is 4.23. The predicted octanol–water partition coefficient (Wildman–Crippen LogP) is 2.65. The number of carbonyl (C=O) groups excluding carboxylic acids is 1. The number of hydrogen-bond acceptors (Lipinski definition) is 3. The topological polar surface area (TPSA) is 66.4 Å². The summed E-state index contributed by atoms with van der Waals surface area (Å²) < 4.78 is 0.821. The van der Waals surface area contributed by atoms with Crippen LogP contribution in [0.2, 0.25) is 0 Å². The van der Waals surface area contributed by atoms with Gasteiger partial charge in [-0.05, 0) is 40.5 Å². The molecular formula is C11H10BrNO3S. The number of aliphatic carboxylic acids is 1. The summed E-state index contributed by atoms with van der Waals surface area (Å²) in [5.41, 5.74) is 1.79. The van der Waals surface area contributed by atoms with E-state index < -0.39 is 11.2 Å². The summed E-state index contributed by atoms with van der Waals surface area (Å²) in [4.78, 5) is 23.3. The molecule has 1 aromatic carbocycles. The van der Waals surface area contributed by atoms with Gasteiger partial charge < -0.3 is 10.4 Å². The first-order valence-corrected chi connectivity index (χ1v) is 6.64. The van der Waals surface area contributed by atoms with Gasteiger partial charge in [-0.25, -0.2) is 0 Å². The molecule has 0 saturated carbocycles. The van der Waals surface area contributed by atoms with Gasteiger partial charge in [0.05, 0.1) is 17.4 Å². The Kier molecular flexibility index (Phi) is 3.44. The van der Waals surface area contributed by atoms with Gasteiger partial charge in [-0.2, -0.15) is 0 Å². The summed E-state index contributed by atoms with van der Waals surface area (Å²) >= 11 is 4.69. The van der Waals surface area contributed by atoms with Gasteiger partial charge in [0.15, 0.2) is 0 Å².